The molecule has 0 radical (unpaired) electrons. The minimum absolute atomic E-state index is 0.0911. The Hall–Kier alpha value is -3.17. The molecule has 0 fully saturated rings. The van der Waals surface area contributed by atoms with Crippen LogP contribution < -0.4 is 0 Å². The van der Waals surface area contributed by atoms with Gasteiger partial charge in [-0.15, -0.1) is 0 Å². The summed E-state index contributed by atoms with van der Waals surface area (Å²) in [6, 6.07) is 21.6. The van der Waals surface area contributed by atoms with Gasteiger partial charge in [0.15, 0.2) is 0 Å². The zero-order valence-corrected chi connectivity index (χ0v) is 23.7. The largest absolute Gasteiger partial charge is 0.478 e. The third-order valence-corrected chi connectivity index (χ3v) is 9.44. The molecule has 4 rings (SSSR count). The monoisotopic (exact) mass is 494 g/mol. The molecule has 3 heteroatoms. The normalized spacial score (nSPS) is 15.3. The molecule has 2 nitrogen and oxygen atoms in total. The highest BCUT2D eigenvalue weighted by atomic mass is 28.3. The second kappa shape index (κ2) is 9.70. The van der Waals surface area contributed by atoms with Gasteiger partial charge in [-0.25, -0.2) is 4.79 Å². The molecule has 1 aliphatic carbocycles. The summed E-state index contributed by atoms with van der Waals surface area (Å²) in [4.78, 5) is 11.6. The molecule has 1 aliphatic rings. The maximum atomic E-state index is 11.6. The van der Waals surface area contributed by atoms with Gasteiger partial charge in [-0.3, -0.25) is 0 Å². The van der Waals surface area contributed by atoms with Crippen molar-refractivity contribution in [2.24, 2.45) is 0 Å². The van der Waals surface area contributed by atoms with Crippen molar-refractivity contribution in [3.05, 3.63) is 111 Å². The van der Waals surface area contributed by atoms with Gasteiger partial charge in [0.05, 0.1) is 13.6 Å². The molecule has 0 heterocycles. The summed E-state index contributed by atoms with van der Waals surface area (Å²) in [6.07, 6.45) is 6.42. The van der Waals surface area contributed by atoms with Gasteiger partial charge >= 0.3 is 5.97 Å². The Kier molecular flexibility index (Phi) is 6.98. The molecule has 0 spiro atoms. The number of fused-ring (bicyclic) bond motifs is 1. The molecule has 0 amide bonds. The average Bonchev–Trinajstić information content (AvgIpc) is 2.82. The molecule has 0 saturated carbocycles. The van der Waals surface area contributed by atoms with E-state index < -0.39 is 14.0 Å². The van der Waals surface area contributed by atoms with Crippen molar-refractivity contribution in [2.45, 2.75) is 65.6 Å². The molecular weight excluding hydrogens is 456 g/mol. The van der Waals surface area contributed by atoms with Crippen molar-refractivity contribution in [2.75, 3.05) is 0 Å². The van der Waals surface area contributed by atoms with E-state index in [1.807, 2.05) is 19.1 Å². The molecule has 36 heavy (non-hydrogen) atoms. The molecule has 0 bridgehead atoms. The van der Waals surface area contributed by atoms with E-state index in [0.29, 0.717) is 12.0 Å². The highest BCUT2D eigenvalue weighted by Gasteiger charge is 2.30. The summed E-state index contributed by atoms with van der Waals surface area (Å²) >= 11 is 0. The fraction of sp³-hybridized carbons (Fsp3) is 0.303. The van der Waals surface area contributed by atoms with Crippen LogP contribution in [0.2, 0.25) is 19.6 Å². The zero-order valence-electron chi connectivity index (χ0n) is 22.7. The Labute approximate surface area is 217 Å². The summed E-state index contributed by atoms with van der Waals surface area (Å²) < 4.78 is 0. The second-order valence-electron chi connectivity index (χ2n) is 11.7. The van der Waals surface area contributed by atoms with Gasteiger partial charge in [0, 0.05) is 0 Å². The molecule has 0 atom stereocenters. The highest BCUT2D eigenvalue weighted by Crippen LogP contribution is 2.43. The maximum absolute atomic E-state index is 11.6. The van der Waals surface area contributed by atoms with Crippen molar-refractivity contribution in [1.82, 2.24) is 0 Å². The van der Waals surface area contributed by atoms with Crippen LogP contribution in [0.5, 0.6) is 0 Å². The summed E-state index contributed by atoms with van der Waals surface area (Å²) in [5.74, 6) is -0.861. The van der Waals surface area contributed by atoms with E-state index in [1.54, 1.807) is 6.07 Å². The fourth-order valence-electron chi connectivity index (χ4n) is 5.21. The van der Waals surface area contributed by atoms with E-state index in [2.05, 4.69) is 95.0 Å². The Bertz CT molecular complexity index is 1370. The zero-order chi connectivity index (χ0) is 26.3. The van der Waals surface area contributed by atoms with E-state index in [4.69, 9.17) is 0 Å². The van der Waals surface area contributed by atoms with E-state index in [-0.39, 0.29) is 5.41 Å². The van der Waals surface area contributed by atoms with Gasteiger partial charge < -0.3 is 5.11 Å². The lowest BCUT2D eigenvalue weighted by Crippen LogP contribution is -2.25. The maximum Gasteiger partial charge on any atom is 0.335 e. The van der Waals surface area contributed by atoms with E-state index in [1.165, 1.54) is 38.6 Å². The van der Waals surface area contributed by atoms with Crippen LogP contribution in [0.1, 0.15) is 76.5 Å². The predicted octanol–water partition coefficient (Wildman–Crippen LogP) is 8.79. The number of carbonyl (C=O) groups is 1. The van der Waals surface area contributed by atoms with Gasteiger partial charge in [0.1, 0.15) is 0 Å². The molecule has 3 aromatic carbocycles. The summed E-state index contributed by atoms with van der Waals surface area (Å²) in [7, 11) is -1.74. The molecule has 0 aromatic heterocycles. The Morgan fingerprint density at radius 3 is 2.31 bits per heavy atom. The number of hydrogen-bond acceptors (Lipinski definition) is 1. The number of hydrogen-bond donors (Lipinski definition) is 1. The van der Waals surface area contributed by atoms with Crippen molar-refractivity contribution in [1.29, 1.82) is 0 Å². The Morgan fingerprint density at radius 1 is 1.00 bits per heavy atom. The quantitative estimate of drug-likeness (QED) is 0.275. The minimum Gasteiger partial charge on any atom is -0.478 e. The van der Waals surface area contributed by atoms with Gasteiger partial charge in [0.2, 0.25) is 0 Å². The lowest BCUT2D eigenvalue weighted by molar-refractivity contribution is 0.0695. The summed E-state index contributed by atoms with van der Waals surface area (Å²) in [5, 5.41) is 10.9. The van der Waals surface area contributed by atoms with Gasteiger partial charge in [-0.1, -0.05) is 112 Å². The lowest BCUT2D eigenvalue weighted by atomic mass is 9.72. The van der Waals surface area contributed by atoms with Crippen LogP contribution in [0.25, 0.3) is 16.8 Å². The first-order chi connectivity index (χ1) is 16.9. The first kappa shape index (κ1) is 25.9. The average molecular weight is 495 g/mol. The topological polar surface area (TPSA) is 37.3 Å². The van der Waals surface area contributed by atoms with E-state index in [0.717, 1.165) is 17.5 Å². The van der Waals surface area contributed by atoms with Crippen LogP contribution in [-0.4, -0.2) is 19.1 Å². The second-order valence-corrected chi connectivity index (χ2v) is 16.8. The van der Waals surface area contributed by atoms with Crippen molar-refractivity contribution >= 4 is 30.9 Å². The summed E-state index contributed by atoms with van der Waals surface area (Å²) in [6.45, 7) is 16.0. The number of carboxylic acids is 1. The first-order valence-corrected chi connectivity index (χ1v) is 16.4. The van der Waals surface area contributed by atoms with Crippen molar-refractivity contribution < 1.29 is 9.90 Å². The molecular formula is C33H38O2Si. The van der Waals surface area contributed by atoms with Gasteiger partial charge in [-0.2, -0.15) is 0 Å². The van der Waals surface area contributed by atoms with Crippen molar-refractivity contribution in [3.8, 4) is 0 Å². The predicted molar refractivity (Wildman–Crippen MR) is 156 cm³/mol. The van der Waals surface area contributed by atoms with Crippen LogP contribution in [-0.2, 0) is 11.8 Å². The number of benzene rings is 3. The van der Waals surface area contributed by atoms with Crippen LogP contribution in [0.15, 0.2) is 66.7 Å². The standard InChI is InChI=1S/C33H38O2Si/c1-8-24-19-23(11-15-28(24)32(34)35)20-31(36(5,6)7)26-14-16-30-29(21-26)27(17-18-33(30,3)4)25-12-9-22(2)10-13-25/h9-17,19-21H,8,18H2,1-7H3,(H,34,35). The minimum atomic E-state index is -1.74. The van der Waals surface area contributed by atoms with Crippen molar-refractivity contribution in [3.63, 3.8) is 0 Å². The van der Waals surface area contributed by atoms with E-state index in [9.17, 15) is 9.90 Å². The molecule has 0 aliphatic heterocycles. The molecule has 186 valence electrons. The fourth-order valence-corrected chi connectivity index (χ4v) is 6.83. The van der Waals surface area contributed by atoms with Crippen LogP contribution in [0.3, 0.4) is 0 Å². The van der Waals surface area contributed by atoms with Gasteiger partial charge in [-0.05, 0) is 76.3 Å². The Morgan fingerprint density at radius 2 is 1.69 bits per heavy atom. The van der Waals surface area contributed by atoms with E-state index >= 15 is 0 Å². The highest BCUT2D eigenvalue weighted by molar-refractivity contribution is 6.94. The smallest absolute Gasteiger partial charge is 0.335 e. The number of aryl methyl sites for hydroxylation is 2. The molecule has 3 aromatic rings. The number of carboxylic acid groups (broad SMARTS) is 1. The van der Waals surface area contributed by atoms with Crippen LogP contribution in [0, 0.1) is 6.92 Å². The lowest BCUT2D eigenvalue weighted by Gasteiger charge is -2.33. The number of allylic oxidation sites excluding steroid dienone is 1. The summed E-state index contributed by atoms with van der Waals surface area (Å²) in [5.41, 5.74) is 10.3. The Balaban J connectivity index is 1.87. The van der Waals surface area contributed by atoms with Crippen LogP contribution in [0.4, 0.5) is 0 Å². The molecule has 0 unspecified atom stereocenters. The third-order valence-electron chi connectivity index (χ3n) is 7.39. The number of aromatic carboxylic acids is 1. The number of rotatable bonds is 6. The van der Waals surface area contributed by atoms with Crippen LogP contribution >= 0.6 is 0 Å². The van der Waals surface area contributed by atoms with Gasteiger partial charge in [0.25, 0.3) is 0 Å². The molecule has 0 saturated heterocycles. The molecule has 1 N–H and O–H groups in total. The third kappa shape index (κ3) is 5.17. The first-order valence-electron chi connectivity index (χ1n) is 12.9. The SMILES string of the molecule is CCc1cc(C=C(c2ccc3c(c2)C(c2ccc(C)cc2)=CCC3(C)C)[Si](C)(C)C)ccc1C(=O)O.